The van der Waals surface area contributed by atoms with E-state index in [9.17, 15) is 0 Å². The van der Waals surface area contributed by atoms with Crippen LogP contribution in [0.4, 0.5) is 0 Å². The van der Waals surface area contributed by atoms with E-state index in [1.165, 1.54) is 58.0 Å². The molecular formula is C13H22N2O. The van der Waals surface area contributed by atoms with E-state index in [0.29, 0.717) is 17.9 Å². The van der Waals surface area contributed by atoms with Crippen LogP contribution in [0.25, 0.3) is 0 Å². The van der Waals surface area contributed by atoms with Gasteiger partial charge in [0.1, 0.15) is 0 Å². The second-order valence-corrected chi connectivity index (χ2v) is 5.65. The summed E-state index contributed by atoms with van der Waals surface area (Å²) in [5.41, 5.74) is 1.13. The molecule has 0 aromatic heterocycles. The van der Waals surface area contributed by atoms with Crippen molar-refractivity contribution in [3.05, 3.63) is 0 Å². The van der Waals surface area contributed by atoms with Crippen LogP contribution in [0.1, 0.15) is 44.9 Å². The maximum Gasteiger partial charge on any atom is 0.0648 e. The SMILES string of the molecule is O/N=C1\[C@@H]2CC[C@@H]1[C@@H](N1CCCCC1)CC2. The standard InChI is InChI=1S/C13H22N2O/c16-14-13-10-4-6-11(13)12(7-5-10)15-8-2-1-3-9-15/h10-12,16H,1-9H2/b14-13+/t10-,11-,12+/m1/s1. The molecule has 2 saturated carbocycles. The summed E-state index contributed by atoms with van der Waals surface area (Å²) < 4.78 is 0. The highest BCUT2D eigenvalue weighted by Crippen LogP contribution is 2.42. The number of hydrogen-bond acceptors (Lipinski definition) is 3. The average Bonchev–Trinajstić information content (AvgIpc) is 2.63. The van der Waals surface area contributed by atoms with Crippen LogP contribution < -0.4 is 0 Å². The number of fused-ring (bicyclic) bond motifs is 2. The van der Waals surface area contributed by atoms with Gasteiger partial charge in [-0.25, -0.2) is 0 Å². The van der Waals surface area contributed by atoms with Gasteiger partial charge in [0.25, 0.3) is 0 Å². The molecule has 3 aliphatic rings. The zero-order valence-corrected chi connectivity index (χ0v) is 9.94. The lowest BCUT2D eigenvalue weighted by molar-refractivity contribution is 0.123. The van der Waals surface area contributed by atoms with Crippen LogP contribution in [0, 0.1) is 11.8 Å². The number of rotatable bonds is 1. The molecule has 3 nitrogen and oxygen atoms in total. The molecule has 3 rings (SSSR count). The highest BCUT2D eigenvalue weighted by atomic mass is 16.4. The Bertz CT molecular complexity index is 284. The smallest absolute Gasteiger partial charge is 0.0648 e. The number of piperidine rings is 1. The van der Waals surface area contributed by atoms with E-state index < -0.39 is 0 Å². The Morgan fingerprint density at radius 2 is 1.75 bits per heavy atom. The Balaban J connectivity index is 1.75. The molecule has 0 aromatic carbocycles. The summed E-state index contributed by atoms with van der Waals surface area (Å²) in [6, 6.07) is 0.685. The lowest BCUT2D eigenvalue weighted by Gasteiger charge is -2.40. The topological polar surface area (TPSA) is 35.8 Å². The van der Waals surface area contributed by atoms with E-state index in [-0.39, 0.29) is 0 Å². The van der Waals surface area contributed by atoms with Gasteiger partial charge in [0.2, 0.25) is 0 Å². The summed E-state index contributed by atoms with van der Waals surface area (Å²) in [7, 11) is 0. The van der Waals surface area contributed by atoms with Crippen LogP contribution in [0.5, 0.6) is 0 Å². The van der Waals surface area contributed by atoms with Crippen molar-refractivity contribution in [3.8, 4) is 0 Å². The van der Waals surface area contributed by atoms with Crippen LogP contribution in [0.3, 0.4) is 0 Å². The summed E-state index contributed by atoms with van der Waals surface area (Å²) >= 11 is 0. The lowest BCUT2D eigenvalue weighted by Crippen LogP contribution is -2.47. The predicted molar refractivity (Wildman–Crippen MR) is 63.9 cm³/mol. The molecule has 90 valence electrons. The van der Waals surface area contributed by atoms with Gasteiger partial charge in [-0.05, 0) is 51.6 Å². The first-order valence-electron chi connectivity index (χ1n) is 6.86. The third-order valence-electron chi connectivity index (χ3n) is 4.87. The number of nitrogens with zero attached hydrogens (tertiary/aromatic N) is 2. The summed E-state index contributed by atoms with van der Waals surface area (Å²) in [6.07, 6.45) is 9.21. The van der Waals surface area contributed by atoms with Crippen LogP contribution in [0.15, 0.2) is 5.16 Å². The van der Waals surface area contributed by atoms with Gasteiger partial charge in [0.15, 0.2) is 0 Å². The summed E-state index contributed by atoms with van der Waals surface area (Å²) in [4.78, 5) is 2.67. The first-order chi connectivity index (χ1) is 7.90. The van der Waals surface area contributed by atoms with Gasteiger partial charge < -0.3 is 5.21 Å². The van der Waals surface area contributed by atoms with Crippen molar-refractivity contribution in [1.82, 2.24) is 4.90 Å². The van der Waals surface area contributed by atoms with Crippen molar-refractivity contribution >= 4 is 5.71 Å². The van der Waals surface area contributed by atoms with Crippen LogP contribution in [-0.2, 0) is 0 Å². The normalized spacial score (nSPS) is 42.8. The van der Waals surface area contributed by atoms with Crippen molar-refractivity contribution in [2.75, 3.05) is 13.1 Å². The Kier molecular flexibility index (Phi) is 2.88. The van der Waals surface area contributed by atoms with E-state index >= 15 is 0 Å². The molecule has 0 spiro atoms. The van der Waals surface area contributed by atoms with Crippen molar-refractivity contribution < 1.29 is 5.21 Å². The molecule has 0 aromatic rings. The molecular weight excluding hydrogens is 200 g/mol. The minimum absolute atomic E-state index is 0.571. The van der Waals surface area contributed by atoms with Gasteiger partial charge in [0.05, 0.1) is 5.71 Å². The molecule has 0 unspecified atom stereocenters. The van der Waals surface area contributed by atoms with Crippen LogP contribution in [-0.4, -0.2) is 35.0 Å². The van der Waals surface area contributed by atoms with Gasteiger partial charge >= 0.3 is 0 Å². The molecule has 1 heterocycles. The van der Waals surface area contributed by atoms with Crippen molar-refractivity contribution in [2.45, 2.75) is 51.0 Å². The van der Waals surface area contributed by atoms with Gasteiger partial charge in [-0.15, -0.1) is 0 Å². The average molecular weight is 222 g/mol. The van der Waals surface area contributed by atoms with E-state index in [0.717, 1.165) is 5.71 Å². The van der Waals surface area contributed by atoms with Gasteiger partial charge in [-0.2, -0.15) is 0 Å². The van der Waals surface area contributed by atoms with E-state index in [1.807, 2.05) is 0 Å². The molecule has 1 N–H and O–H groups in total. The zero-order valence-electron chi connectivity index (χ0n) is 9.94. The van der Waals surface area contributed by atoms with Crippen molar-refractivity contribution in [3.63, 3.8) is 0 Å². The molecule has 1 aliphatic heterocycles. The minimum Gasteiger partial charge on any atom is -0.411 e. The maximum atomic E-state index is 9.16. The van der Waals surface area contributed by atoms with E-state index in [1.54, 1.807) is 0 Å². The second-order valence-electron chi connectivity index (χ2n) is 5.65. The third kappa shape index (κ3) is 1.65. The first-order valence-corrected chi connectivity index (χ1v) is 6.86. The molecule has 3 fully saturated rings. The Morgan fingerprint density at radius 1 is 1.00 bits per heavy atom. The maximum absolute atomic E-state index is 9.16. The first kappa shape index (κ1) is 10.6. The summed E-state index contributed by atoms with van der Waals surface area (Å²) in [5, 5.41) is 12.8. The lowest BCUT2D eigenvalue weighted by atomic mass is 9.81. The zero-order chi connectivity index (χ0) is 11.0. The Morgan fingerprint density at radius 3 is 2.50 bits per heavy atom. The number of oxime groups is 1. The number of hydrogen-bond donors (Lipinski definition) is 1. The minimum atomic E-state index is 0.571. The number of likely N-dealkylation sites (tertiary alicyclic amines) is 1. The van der Waals surface area contributed by atoms with E-state index in [2.05, 4.69) is 10.1 Å². The predicted octanol–water partition coefficient (Wildman–Crippen LogP) is 2.49. The summed E-state index contributed by atoms with van der Waals surface area (Å²) in [6.45, 7) is 2.54. The molecule has 2 bridgehead atoms. The quantitative estimate of drug-likeness (QED) is 0.546. The molecule has 0 amide bonds. The van der Waals surface area contributed by atoms with Crippen LogP contribution in [0.2, 0.25) is 0 Å². The molecule has 2 aliphatic carbocycles. The molecule has 0 radical (unpaired) electrons. The molecule has 3 heteroatoms. The highest BCUT2D eigenvalue weighted by Gasteiger charge is 2.44. The third-order valence-corrected chi connectivity index (χ3v) is 4.87. The fraction of sp³-hybridized carbons (Fsp3) is 0.923. The van der Waals surface area contributed by atoms with Gasteiger partial charge in [0, 0.05) is 17.9 Å². The molecule has 16 heavy (non-hydrogen) atoms. The Labute approximate surface area is 97.5 Å². The monoisotopic (exact) mass is 222 g/mol. The van der Waals surface area contributed by atoms with E-state index in [4.69, 9.17) is 5.21 Å². The Hall–Kier alpha value is -0.570. The van der Waals surface area contributed by atoms with Gasteiger partial charge in [-0.3, -0.25) is 4.90 Å². The fourth-order valence-electron chi connectivity index (χ4n) is 4.08. The molecule has 1 saturated heterocycles. The van der Waals surface area contributed by atoms with Crippen molar-refractivity contribution in [1.29, 1.82) is 0 Å². The van der Waals surface area contributed by atoms with Crippen LogP contribution >= 0.6 is 0 Å². The fourth-order valence-corrected chi connectivity index (χ4v) is 4.08. The second kappa shape index (κ2) is 4.36. The highest BCUT2D eigenvalue weighted by molar-refractivity contribution is 5.91. The van der Waals surface area contributed by atoms with Gasteiger partial charge in [-0.1, -0.05) is 11.6 Å². The molecule has 3 atom stereocenters. The summed E-state index contributed by atoms with van der Waals surface area (Å²) in [5.74, 6) is 1.18. The van der Waals surface area contributed by atoms with Crippen molar-refractivity contribution in [2.24, 2.45) is 17.0 Å². The largest absolute Gasteiger partial charge is 0.411 e.